The number of anilines is 1. The number of nitrogens with zero attached hydrogens (tertiary/aromatic N) is 1. The van der Waals surface area contributed by atoms with E-state index in [0.717, 1.165) is 25.3 Å². The molecule has 1 aromatic rings. The van der Waals surface area contributed by atoms with Crippen LogP contribution in [-0.4, -0.2) is 60.4 Å². The summed E-state index contributed by atoms with van der Waals surface area (Å²) in [4.78, 5) is 46.4. The Morgan fingerprint density at radius 3 is 2.34 bits per heavy atom. The number of ketones is 2. The summed E-state index contributed by atoms with van der Waals surface area (Å²) < 4.78 is 30.5. The maximum Gasteiger partial charge on any atom is 1.00 e. The molecule has 0 aromatic heterocycles. The van der Waals surface area contributed by atoms with E-state index in [4.69, 9.17) is 10.5 Å². The van der Waals surface area contributed by atoms with E-state index in [2.05, 4.69) is 11.6 Å². The molecule has 3 saturated carbocycles. The molecule has 0 spiro atoms. The van der Waals surface area contributed by atoms with Crippen LogP contribution in [0.25, 0.3) is 4.72 Å². The summed E-state index contributed by atoms with van der Waals surface area (Å²) in [5.41, 5.74) is 4.16. The predicted octanol–water partition coefficient (Wildman–Crippen LogP) is 0.0101. The molecule has 0 saturated heterocycles. The van der Waals surface area contributed by atoms with E-state index in [9.17, 15) is 37.8 Å². The Morgan fingerprint density at radius 1 is 1.11 bits per heavy atom. The van der Waals surface area contributed by atoms with Crippen molar-refractivity contribution in [1.82, 2.24) is 0 Å². The van der Waals surface area contributed by atoms with Gasteiger partial charge < -0.3 is 30.2 Å². The second kappa shape index (κ2) is 13.2. The van der Waals surface area contributed by atoms with Crippen molar-refractivity contribution in [2.45, 2.75) is 76.4 Å². The van der Waals surface area contributed by atoms with Gasteiger partial charge in [0.05, 0.1) is 16.9 Å². The topological polar surface area (TPSA) is 192 Å². The number of nitrogen functional groups attached to an aromatic ring is 1. The van der Waals surface area contributed by atoms with E-state index >= 15 is 0 Å². The van der Waals surface area contributed by atoms with Crippen molar-refractivity contribution in [2.24, 2.45) is 28.6 Å². The fourth-order valence-corrected chi connectivity index (χ4v) is 8.86. The van der Waals surface area contributed by atoms with Crippen molar-refractivity contribution in [3.05, 3.63) is 52.8 Å². The van der Waals surface area contributed by atoms with Gasteiger partial charge in [0.1, 0.15) is 15.6 Å². The van der Waals surface area contributed by atoms with E-state index in [-0.39, 0.29) is 63.4 Å². The van der Waals surface area contributed by atoms with Crippen molar-refractivity contribution >= 4 is 39.2 Å². The van der Waals surface area contributed by atoms with Crippen LogP contribution in [0.3, 0.4) is 0 Å². The monoisotopic (exact) mass is 638 g/mol. The van der Waals surface area contributed by atoms with E-state index < -0.39 is 51.4 Å². The Bertz CT molecular complexity index is 1490. The molecule has 0 aliphatic heterocycles. The predicted molar refractivity (Wildman–Crippen MR) is 157 cm³/mol. The number of rotatable bonds is 5. The van der Waals surface area contributed by atoms with Gasteiger partial charge >= 0.3 is 35.5 Å². The molecule has 0 unspecified atom stereocenters. The Hall–Kier alpha value is -2.35. The van der Waals surface area contributed by atoms with Crippen LogP contribution >= 0.6 is 0 Å². The van der Waals surface area contributed by atoms with Gasteiger partial charge in [-0.2, -0.15) is 0 Å². The fourth-order valence-electron chi connectivity index (χ4n) is 7.94. The van der Waals surface area contributed by atoms with Crippen LogP contribution < -0.4 is 35.3 Å². The summed E-state index contributed by atoms with van der Waals surface area (Å²) in [6, 6.07) is 5.47. The zero-order valence-corrected chi connectivity index (χ0v) is 28.6. The normalized spacial score (nSPS) is 33.6. The quantitative estimate of drug-likeness (QED) is 0.225. The maximum absolute atomic E-state index is 12.9. The minimum atomic E-state index is -3.86. The number of benzene rings is 1. The zero-order valence-electron chi connectivity index (χ0n) is 25.8. The first kappa shape index (κ1) is 36.1. The number of fused-ring (bicyclic) bond motifs is 5. The number of carbonyl (C=O) groups is 4. The number of ether oxygens (including phenoxy) is 1. The average molecular weight is 639 g/mol. The van der Waals surface area contributed by atoms with Crippen LogP contribution in [0.4, 0.5) is 5.69 Å². The van der Waals surface area contributed by atoms with Crippen LogP contribution in [0.1, 0.15) is 59.8 Å². The summed E-state index contributed by atoms with van der Waals surface area (Å²) in [6.45, 7) is 5.88. The number of aliphatic hydroxyl groups is 2. The van der Waals surface area contributed by atoms with E-state index in [1.807, 2.05) is 13.0 Å². The molecule has 1 aromatic carbocycles. The number of hydrogen-bond acceptors (Lipinski definition) is 10. The molecule has 4 N–H and O–H groups in total. The standard InChI is InChI=1S/C23H30O6.C8H10N2O3S.Na/c1-13(24)29-12-19(27)23(28)9-7-17-16-5-4-14-10-15(25)6-8-21(14,2)20(16)18(26)11-22(17,23)3;1-6(11)10-14(12,13)8-4-2-7(9)3-5-8;/h6,8,10,16-18,20,26,28H,4-5,7,9,11-12H2,1-3H3;2-5H,9H2,1H3,(H,10,11);/q;;+1/p-1/t16-,17-,18-,20+,21-,22-,23-;;/m0../s1. The molecule has 234 valence electrons. The molecule has 1 amide bonds. The molecule has 0 bridgehead atoms. The van der Waals surface area contributed by atoms with Gasteiger partial charge in [0.25, 0.3) is 0 Å². The Morgan fingerprint density at radius 2 is 1.75 bits per heavy atom. The number of Topliss-reactive ketones (excluding diaryl/α,β-unsaturated/α-hetero) is 1. The number of amides is 1. The second-order valence-electron chi connectivity index (χ2n) is 12.5. The van der Waals surface area contributed by atoms with E-state index in [0.29, 0.717) is 24.9 Å². The molecule has 5 rings (SSSR count). The number of carbonyl (C=O) groups excluding carboxylic acids is 4. The van der Waals surface area contributed by atoms with Crippen molar-refractivity contribution in [2.75, 3.05) is 12.3 Å². The molecular weight excluding hydrogens is 599 g/mol. The van der Waals surface area contributed by atoms with Gasteiger partial charge in [-0.05, 0) is 87.3 Å². The van der Waals surface area contributed by atoms with Gasteiger partial charge in [0.2, 0.25) is 5.78 Å². The second-order valence-corrected chi connectivity index (χ2v) is 14.1. The van der Waals surface area contributed by atoms with Gasteiger partial charge in [0.15, 0.2) is 12.4 Å². The molecule has 3 fully saturated rings. The van der Waals surface area contributed by atoms with E-state index in [1.54, 1.807) is 12.2 Å². The third-order valence-corrected chi connectivity index (χ3v) is 11.3. The van der Waals surface area contributed by atoms with Gasteiger partial charge in [-0.15, -0.1) is 0 Å². The van der Waals surface area contributed by atoms with Crippen LogP contribution in [0.15, 0.2) is 53.0 Å². The number of esters is 1. The maximum atomic E-state index is 12.9. The number of aliphatic hydroxyl groups excluding tert-OH is 1. The number of allylic oxidation sites excluding steroid dienone is 4. The summed E-state index contributed by atoms with van der Waals surface area (Å²) in [5, 5.41) is 22.7. The molecule has 4 aliphatic rings. The SMILES string of the molecule is CC(=O)OCC(=O)[C@@]1(O)CC[C@H]2[C@@H]3CCC4=CC(=O)C=C[C@]4(C)[C@H]3[C@@H](O)C[C@@]21C.CC(=O)[N-]S(=O)(=O)c1ccc(N)cc1.[Na+]. The third-order valence-electron chi connectivity index (χ3n) is 9.94. The first-order valence-corrected chi connectivity index (χ1v) is 15.7. The summed E-state index contributed by atoms with van der Waals surface area (Å²) in [5.74, 6) is -1.58. The number of sulfonamides is 1. The first-order chi connectivity index (χ1) is 19.9. The Balaban J connectivity index is 0.000000299. The zero-order chi connectivity index (χ0) is 32.0. The van der Waals surface area contributed by atoms with Crippen molar-refractivity contribution < 1.29 is 72.1 Å². The Kier molecular flexibility index (Phi) is 10.8. The minimum Gasteiger partial charge on any atom is -0.542 e. The number of hydrogen-bond donors (Lipinski definition) is 3. The average Bonchev–Trinajstić information content (AvgIpc) is 3.18. The molecule has 4 aliphatic carbocycles. The van der Waals surface area contributed by atoms with Gasteiger partial charge in [-0.25, -0.2) is 8.42 Å². The van der Waals surface area contributed by atoms with Crippen LogP contribution in [-0.2, 0) is 33.9 Å². The van der Waals surface area contributed by atoms with Gasteiger partial charge in [0, 0.05) is 29.4 Å². The molecule has 0 heterocycles. The summed E-state index contributed by atoms with van der Waals surface area (Å²) in [7, 11) is -3.86. The summed E-state index contributed by atoms with van der Waals surface area (Å²) >= 11 is 0. The van der Waals surface area contributed by atoms with Crippen molar-refractivity contribution in [1.29, 1.82) is 0 Å². The molecule has 44 heavy (non-hydrogen) atoms. The first-order valence-electron chi connectivity index (χ1n) is 14.3. The molecule has 11 nitrogen and oxygen atoms in total. The minimum absolute atomic E-state index is 0. The Labute approximate surface area is 280 Å². The van der Waals surface area contributed by atoms with E-state index in [1.165, 1.54) is 31.2 Å². The van der Waals surface area contributed by atoms with Crippen LogP contribution in [0.2, 0.25) is 0 Å². The van der Waals surface area contributed by atoms with Crippen LogP contribution in [0.5, 0.6) is 0 Å². The molecule has 13 heteroatoms. The molecule has 0 radical (unpaired) electrons. The molecule has 7 atom stereocenters. The third kappa shape index (κ3) is 6.61. The molecular formula is C31H39N2NaO9S. The van der Waals surface area contributed by atoms with Gasteiger partial charge in [-0.3, -0.25) is 14.4 Å². The largest absolute Gasteiger partial charge is 1.00 e. The van der Waals surface area contributed by atoms with Crippen molar-refractivity contribution in [3.8, 4) is 0 Å². The fraction of sp³-hybridized carbons (Fsp3) is 0.548. The summed E-state index contributed by atoms with van der Waals surface area (Å²) in [6.07, 6.45) is 7.50. The number of nitrogens with two attached hydrogens (primary N) is 1. The van der Waals surface area contributed by atoms with Gasteiger partial charge in [-0.1, -0.05) is 25.5 Å². The van der Waals surface area contributed by atoms with Crippen molar-refractivity contribution in [3.63, 3.8) is 0 Å². The smallest absolute Gasteiger partial charge is 0.542 e. The van der Waals surface area contributed by atoms with Crippen LogP contribution in [0, 0.1) is 28.6 Å².